The lowest BCUT2D eigenvalue weighted by molar-refractivity contribution is -0.130. The average Bonchev–Trinajstić information content (AvgIpc) is 2.85. The van der Waals surface area contributed by atoms with E-state index in [0.717, 1.165) is 29.5 Å². The molecule has 0 fully saturated rings. The van der Waals surface area contributed by atoms with E-state index in [1.165, 1.54) is 5.56 Å². The summed E-state index contributed by atoms with van der Waals surface area (Å²) in [5.41, 5.74) is 2.89. The molecule has 2 aromatic carbocycles. The van der Waals surface area contributed by atoms with Gasteiger partial charge < -0.3 is 25.8 Å². The van der Waals surface area contributed by atoms with Crippen molar-refractivity contribution in [3.8, 4) is 5.75 Å². The molecule has 0 heterocycles. The van der Waals surface area contributed by atoms with E-state index in [0.29, 0.717) is 18.7 Å². The number of hydrogen-bond donors (Lipinski definition) is 4. The zero-order chi connectivity index (χ0) is 29.0. The van der Waals surface area contributed by atoms with Crippen molar-refractivity contribution in [2.45, 2.75) is 78.0 Å². The second kappa shape index (κ2) is 15.4. The van der Waals surface area contributed by atoms with Crippen molar-refractivity contribution in [1.29, 1.82) is 0 Å². The molecule has 0 bridgehead atoms. The van der Waals surface area contributed by atoms with Gasteiger partial charge in [-0.2, -0.15) is 11.8 Å². The van der Waals surface area contributed by atoms with Gasteiger partial charge in [0.1, 0.15) is 23.4 Å². The molecule has 3 amide bonds. The largest absolute Gasteiger partial charge is 0.508 e. The molecule has 2 rings (SSSR count). The third-order valence-corrected chi connectivity index (χ3v) is 6.77. The molecule has 0 aliphatic heterocycles. The van der Waals surface area contributed by atoms with Gasteiger partial charge in [0.05, 0.1) is 0 Å². The number of amides is 3. The van der Waals surface area contributed by atoms with Crippen LogP contribution in [0.25, 0.3) is 0 Å². The second-order valence-electron chi connectivity index (χ2n) is 10.7. The zero-order valence-corrected chi connectivity index (χ0v) is 24.7. The first kappa shape index (κ1) is 32.0. The van der Waals surface area contributed by atoms with Gasteiger partial charge >= 0.3 is 6.09 Å². The number of aryl methyl sites for hydroxylation is 3. The fraction of sp³-hybridized carbons (Fsp3) is 0.500. The molecule has 0 aromatic heterocycles. The summed E-state index contributed by atoms with van der Waals surface area (Å²) in [4.78, 5) is 39.2. The number of alkyl carbamates (subject to hydrolysis) is 1. The maximum atomic E-state index is 13.5. The first-order valence-corrected chi connectivity index (χ1v) is 14.7. The van der Waals surface area contributed by atoms with Gasteiger partial charge in [-0.15, -0.1) is 0 Å². The molecule has 2 aromatic rings. The highest BCUT2D eigenvalue weighted by Crippen LogP contribution is 2.22. The summed E-state index contributed by atoms with van der Waals surface area (Å²) >= 11 is 1.59. The van der Waals surface area contributed by atoms with E-state index in [2.05, 4.69) is 28.1 Å². The van der Waals surface area contributed by atoms with Gasteiger partial charge in [0.2, 0.25) is 11.8 Å². The van der Waals surface area contributed by atoms with Crippen LogP contribution in [-0.4, -0.2) is 59.3 Å². The Morgan fingerprint density at radius 3 is 2.21 bits per heavy atom. The van der Waals surface area contributed by atoms with E-state index in [1.54, 1.807) is 44.7 Å². The minimum atomic E-state index is -0.982. The number of ether oxygens (including phenoxy) is 1. The molecule has 0 unspecified atom stereocenters. The summed E-state index contributed by atoms with van der Waals surface area (Å²) in [6.07, 6.45) is 3.48. The monoisotopic (exact) mass is 557 g/mol. The molecule has 2 atom stereocenters. The van der Waals surface area contributed by atoms with Gasteiger partial charge in [-0.1, -0.05) is 30.3 Å². The Hall–Kier alpha value is -3.20. The minimum Gasteiger partial charge on any atom is -0.508 e. The smallest absolute Gasteiger partial charge is 0.408 e. The van der Waals surface area contributed by atoms with Crippen LogP contribution >= 0.6 is 11.8 Å². The van der Waals surface area contributed by atoms with Gasteiger partial charge in [-0.3, -0.25) is 9.59 Å². The van der Waals surface area contributed by atoms with Crippen molar-refractivity contribution in [1.82, 2.24) is 16.0 Å². The van der Waals surface area contributed by atoms with E-state index in [4.69, 9.17) is 4.74 Å². The normalized spacial score (nSPS) is 12.8. The van der Waals surface area contributed by atoms with Crippen molar-refractivity contribution >= 4 is 29.7 Å². The molecule has 0 aliphatic carbocycles. The Morgan fingerprint density at radius 1 is 0.974 bits per heavy atom. The van der Waals surface area contributed by atoms with E-state index in [9.17, 15) is 19.5 Å². The highest BCUT2D eigenvalue weighted by atomic mass is 32.2. The maximum absolute atomic E-state index is 13.5. The van der Waals surface area contributed by atoms with Crippen LogP contribution in [0.1, 0.15) is 55.9 Å². The van der Waals surface area contributed by atoms with Gasteiger partial charge in [0.15, 0.2) is 0 Å². The van der Waals surface area contributed by atoms with Crippen LogP contribution in [0.4, 0.5) is 4.79 Å². The minimum absolute atomic E-state index is 0.135. The van der Waals surface area contributed by atoms with Crippen molar-refractivity contribution < 1.29 is 24.2 Å². The Morgan fingerprint density at radius 2 is 1.62 bits per heavy atom. The number of rotatable bonds is 13. The number of thioether (sulfide) groups is 1. The van der Waals surface area contributed by atoms with Gasteiger partial charge in [0.25, 0.3) is 0 Å². The fourth-order valence-corrected chi connectivity index (χ4v) is 4.68. The number of hydrogen-bond acceptors (Lipinski definition) is 6. The Balaban J connectivity index is 2.14. The van der Waals surface area contributed by atoms with Crippen LogP contribution in [0.5, 0.6) is 5.75 Å². The predicted molar refractivity (Wildman–Crippen MR) is 157 cm³/mol. The molecule has 39 heavy (non-hydrogen) atoms. The van der Waals surface area contributed by atoms with Gasteiger partial charge in [0, 0.05) is 13.0 Å². The molecule has 214 valence electrons. The highest BCUT2D eigenvalue weighted by molar-refractivity contribution is 7.98. The lowest BCUT2D eigenvalue weighted by Crippen LogP contribution is -2.55. The molecule has 0 spiro atoms. The molecule has 4 N–H and O–H groups in total. The number of phenols is 1. The van der Waals surface area contributed by atoms with E-state index in [-0.39, 0.29) is 18.1 Å². The second-order valence-corrected chi connectivity index (χ2v) is 11.7. The quantitative estimate of drug-likeness (QED) is 0.271. The first-order chi connectivity index (χ1) is 18.4. The van der Waals surface area contributed by atoms with Crippen LogP contribution in [0.2, 0.25) is 0 Å². The molecule has 9 heteroatoms. The number of carbonyl (C=O) groups is 3. The molecular weight excluding hydrogens is 514 g/mol. The Kier molecular flexibility index (Phi) is 12.6. The highest BCUT2D eigenvalue weighted by Gasteiger charge is 2.29. The standard InChI is InChI=1S/C30H43N3O5S/c1-20-17-23(34)18-21(2)24(20)19-26(33-29(37)38-30(3,4)5)28(36)32-25(14-16-39-6)27(35)31-15-10-13-22-11-8-7-9-12-22/h7-9,11-12,17-18,25-26,34H,10,13-16,19H2,1-6H3,(H,31,35)(H,32,36)(H,33,37)/t25-,26+/m1/s1. The topological polar surface area (TPSA) is 117 Å². The summed E-state index contributed by atoms with van der Waals surface area (Å²) < 4.78 is 5.40. The maximum Gasteiger partial charge on any atom is 0.408 e. The summed E-state index contributed by atoms with van der Waals surface area (Å²) in [5, 5.41) is 18.4. The fourth-order valence-electron chi connectivity index (χ4n) is 4.20. The number of phenolic OH excluding ortho intramolecular Hbond substituents is 1. The number of benzene rings is 2. The molecule has 0 saturated carbocycles. The third kappa shape index (κ3) is 11.6. The van der Waals surface area contributed by atoms with Crippen LogP contribution < -0.4 is 16.0 Å². The Bertz CT molecular complexity index is 1080. The van der Waals surface area contributed by atoms with Crippen molar-refractivity contribution in [2.24, 2.45) is 0 Å². The van der Waals surface area contributed by atoms with Crippen molar-refractivity contribution in [3.05, 3.63) is 64.7 Å². The molecule has 0 saturated heterocycles. The van der Waals surface area contributed by atoms with Crippen LogP contribution in [0.15, 0.2) is 42.5 Å². The van der Waals surface area contributed by atoms with Crippen LogP contribution in [0, 0.1) is 13.8 Å². The summed E-state index contributed by atoms with van der Waals surface area (Å²) in [6.45, 7) is 9.41. The van der Waals surface area contributed by atoms with Gasteiger partial charge in [-0.25, -0.2) is 4.79 Å². The Labute approximate surface area is 236 Å². The van der Waals surface area contributed by atoms with E-state index in [1.807, 2.05) is 38.3 Å². The van der Waals surface area contributed by atoms with E-state index < -0.39 is 29.7 Å². The molecule has 0 radical (unpaired) electrons. The lowest BCUT2D eigenvalue weighted by Gasteiger charge is -2.26. The molecule has 0 aliphatic rings. The van der Waals surface area contributed by atoms with Crippen LogP contribution in [0.3, 0.4) is 0 Å². The lowest BCUT2D eigenvalue weighted by atomic mass is 9.95. The molecular formula is C30H43N3O5S. The number of nitrogens with one attached hydrogen (secondary N) is 3. The first-order valence-electron chi connectivity index (χ1n) is 13.3. The van der Waals surface area contributed by atoms with Gasteiger partial charge in [-0.05, 0) is 100 Å². The number of carbonyl (C=O) groups excluding carboxylic acids is 3. The summed E-state index contributed by atoms with van der Waals surface area (Å²) in [6, 6.07) is 11.6. The van der Waals surface area contributed by atoms with Crippen molar-refractivity contribution in [3.63, 3.8) is 0 Å². The number of aromatic hydroxyl groups is 1. The zero-order valence-electron chi connectivity index (χ0n) is 23.9. The van der Waals surface area contributed by atoms with Crippen LogP contribution in [-0.2, 0) is 27.2 Å². The summed E-state index contributed by atoms with van der Waals surface area (Å²) in [5.74, 6) is 0.0931. The SMILES string of the molecule is CSCC[C@@H](NC(=O)[C@H](Cc1c(C)cc(O)cc1C)NC(=O)OC(C)(C)C)C(=O)NCCCc1ccccc1. The third-order valence-electron chi connectivity index (χ3n) is 6.12. The van der Waals surface area contributed by atoms with Crippen molar-refractivity contribution in [2.75, 3.05) is 18.6 Å². The summed E-state index contributed by atoms with van der Waals surface area (Å²) in [7, 11) is 0. The van der Waals surface area contributed by atoms with E-state index >= 15 is 0 Å². The predicted octanol–water partition coefficient (Wildman–Crippen LogP) is 4.43. The average molecular weight is 558 g/mol. The molecule has 8 nitrogen and oxygen atoms in total.